The number of amides is 2. The molecule has 0 aliphatic heterocycles. The van der Waals surface area contributed by atoms with Crippen LogP contribution >= 0.6 is 0 Å². The Morgan fingerprint density at radius 3 is 1.97 bits per heavy atom. The van der Waals surface area contributed by atoms with Gasteiger partial charge in [0, 0.05) is 41.8 Å². The normalized spacial score (nSPS) is 10.1. The molecule has 2 N–H and O–H groups in total. The zero-order valence-corrected chi connectivity index (χ0v) is 21.6. The number of nitrogens with one attached hydrogen (secondary N) is 2. The maximum absolute atomic E-state index is 12.6. The molecule has 10 heteroatoms. The third kappa shape index (κ3) is 9.36. The minimum Gasteiger partial charge on any atom is -0.682 e. The summed E-state index contributed by atoms with van der Waals surface area (Å²) in [6.07, 6.45) is 2.18. The summed E-state index contributed by atoms with van der Waals surface area (Å²) in [7, 11) is 0. The predicted octanol–water partition coefficient (Wildman–Crippen LogP) is -0.598. The molecule has 2 aromatic rings. The molecule has 0 spiro atoms. The van der Waals surface area contributed by atoms with Crippen LogP contribution in [0, 0.1) is 0 Å². The summed E-state index contributed by atoms with van der Waals surface area (Å²) < 4.78 is 0. The van der Waals surface area contributed by atoms with Gasteiger partial charge >= 0.3 is 29.6 Å². The average molecular weight is 478 g/mol. The van der Waals surface area contributed by atoms with Gasteiger partial charge in [-0.15, -0.1) is 0 Å². The van der Waals surface area contributed by atoms with E-state index >= 15 is 0 Å². The molecule has 0 radical (unpaired) electrons. The Morgan fingerprint density at radius 1 is 0.824 bits per heavy atom. The van der Waals surface area contributed by atoms with Crippen LogP contribution in [-0.2, 0) is 5.04 Å². The number of hydrogen-bond acceptors (Lipinski definition) is 7. The summed E-state index contributed by atoms with van der Waals surface area (Å²) in [6.45, 7) is 4.18. The first-order valence-corrected chi connectivity index (χ1v) is 10.7. The van der Waals surface area contributed by atoms with Gasteiger partial charge in [0.25, 0.3) is 11.8 Å². The van der Waals surface area contributed by atoms with Crippen molar-refractivity contribution < 1.29 is 63.9 Å². The van der Waals surface area contributed by atoms with Crippen molar-refractivity contribution >= 4 is 23.4 Å². The van der Waals surface area contributed by atoms with Gasteiger partial charge in [0.1, 0.15) is 0 Å². The van der Waals surface area contributed by atoms with Crippen molar-refractivity contribution in [3.63, 3.8) is 0 Å². The molecule has 2 amide bonds. The molecule has 34 heavy (non-hydrogen) atoms. The topological polar surface area (TPSA) is 134 Å². The van der Waals surface area contributed by atoms with E-state index in [4.69, 9.17) is 0 Å². The van der Waals surface area contributed by atoms with Crippen LogP contribution in [0.15, 0.2) is 42.5 Å². The molecule has 0 saturated carbocycles. The smallest absolute Gasteiger partial charge is 0.682 e. The third-order valence-electron chi connectivity index (χ3n) is 4.86. The van der Waals surface area contributed by atoms with Gasteiger partial charge in [0.05, 0.1) is 0 Å². The minimum absolute atomic E-state index is 0. The molecule has 0 heterocycles. The van der Waals surface area contributed by atoms with Crippen molar-refractivity contribution in [2.45, 2.75) is 39.5 Å². The Kier molecular flexibility index (Phi) is 13.3. The van der Waals surface area contributed by atoms with Crippen LogP contribution in [0.1, 0.15) is 81.0 Å². The summed E-state index contributed by atoms with van der Waals surface area (Å²) in [6, 6.07) is 10.3. The van der Waals surface area contributed by atoms with Crippen LogP contribution in [0.5, 0.6) is 5.75 Å². The average Bonchev–Trinajstić information content (AvgIpc) is 2.81. The van der Waals surface area contributed by atoms with E-state index in [1.54, 1.807) is 24.3 Å². The molecule has 9 nitrogen and oxygen atoms in total. The molecular weight excluding hydrogens is 451 g/mol. The Morgan fingerprint density at radius 2 is 1.38 bits per heavy atom. The fourth-order valence-corrected chi connectivity index (χ4v) is 3.01. The molecule has 0 aliphatic rings. The Balaban J connectivity index is 0.00000578. The summed E-state index contributed by atoms with van der Waals surface area (Å²) in [4.78, 5) is 52.9. The SMILES string of the molecule is CCCCNC(=O)c1cc(OO[O-])cc(C(=O)CCCNC(=O)c2ccc(C(C)=O)cc2)c1.[Na+]. The van der Waals surface area contributed by atoms with Crippen molar-refractivity contribution in [2.24, 2.45) is 0 Å². The molecule has 0 aliphatic carbocycles. The van der Waals surface area contributed by atoms with E-state index in [1.807, 2.05) is 6.92 Å². The summed E-state index contributed by atoms with van der Waals surface area (Å²) in [5.74, 6) is -1.13. The minimum atomic E-state index is -0.392. The van der Waals surface area contributed by atoms with Gasteiger partial charge in [-0.2, -0.15) is 0 Å². The maximum Gasteiger partial charge on any atom is 1.00 e. The molecule has 2 aromatic carbocycles. The third-order valence-corrected chi connectivity index (χ3v) is 4.86. The Labute approximate surface area is 220 Å². The number of hydrogen-bond donors (Lipinski definition) is 2. The van der Waals surface area contributed by atoms with E-state index in [0.29, 0.717) is 24.1 Å². The number of carbonyl (C=O) groups is 4. The van der Waals surface area contributed by atoms with Crippen molar-refractivity contribution in [1.82, 2.24) is 10.6 Å². The van der Waals surface area contributed by atoms with Crippen molar-refractivity contribution in [2.75, 3.05) is 13.1 Å². The first-order valence-electron chi connectivity index (χ1n) is 10.7. The molecule has 0 saturated heterocycles. The van der Waals surface area contributed by atoms with E-state index < -0.39 is 5.91 Å². The van der Waals surface area contributed by atoms with Crippen molar-refractivity contribution in [1.29, 1.82) is 0 Å². The largest absolute Gasteiger partial charge is 1.00 e. The van der Waals surface area contributed by atoms with Crippen LogP contribution < -0.4 is 50.3 Å². The summed E-state index contributed by atoms with van der Waals surface area (Å²) in [5, 5.41) is 19.2. The second-order valence-electron chi connectivity index (χ2n) is 7.42. The Hall–Kier alpha value is -2.56. The monoisotopic (exact) mass is 478 g/mol. The van der Waals surface area contributed by atoms with E-state index in [-0.39, 0.29) is 76.9 Å². The zero-order valence-electron chi connectivity index (χ0n) is 19.6. The second-order valence-corrected chi connectivity index (χ2v) is 7.42. The van der Waals surface area contributed by atoms with Gasteiger partial charge in [-0.1, -0.05) is 25.5 Å². The van der Waals surface area contributed by atoms with Gasteiger partial charge in [0.2, 0.25) is 0 Å². The van der Waals surface area contributed by atoms with Crippen LogP contribution in [0.2, 0.25) is 0 Å². The van der Waals surface area contributed by atoms with Gasteiger partial charge in [-0.05, 0) is 50.1 Å². The number of carbonyl (C=O) groups excluding carboxylic acids is 4. The quantitative estimate of drug-likeness (QED) is 0.129. The molecule has 0 atom stereocenters. The fraction of sp³-hybridized carbons (Fsp3) is 0.333. The molecule has 0 aromatic heterocycles. The van der Waals surface area contributed by atoms with Crippen LogP contribution in [0.3, 0.4) is 0 Å². The van der Waals surface area contributed by atoms with E-state index in [1.165, 1.54) is 25.1 Å². The number of ketones is 2. The standard InChI is InChI=1S/C24H28N2O7.Na/c1-3-4-11-25-24(30)20-13-19(14-21(15-20)32-33-31)22(28)6-5-12-26-23(29)18-9-7-17(8-10-18)16(2)27;/h7-10,13-15,31H,3-6,11-12H2,1-2H3,(H,25,30)(H,26,29);/q;+1/p-1. The van der Waals surface area contributed by atoms with Gasteiger partial charge < -0.3 is 20.8 Å². The summed E-state index contributed by atoms with van der Waals surface area (Å²) >= 11 is 0. The molecule has 176 valence electrons. The molecule has 2 rings (SSSR count). The van der Waals surface area contributed by atoms with E-state index in [9.17, 15) is 24.4 Å². The zero-order chi connectivity index (χ0) is 24.2. The number of unbranched alkanes of at least 4 members (excludes halogenated alkanes) is 1. The van der Waals surface area contributed by atoms with Crippen LogP contribution in [0.25, 0.3) is 0 Å². The van der Waals surface area contributed by atoms with E-state index in [0.717, 1.165) is 12.8 Å². The van der Waals surface area contributed by atoms with Crippen molar-refractivity contribution in [3.8, 4) is 5.75 Å². The number of Topliss-reactive ketones (excluding diaryl/α,β-unsaturated/α-hetero) is 2. The number of rotatable bonds is 13. The predicted molar refractivity (Wildman–Crippen MR) is 118 cm³/mol. The Bertz CT molecular complexity index is 993. The maximum atomic E-state index is 12.6. The molecular formula is C24H27N2NaO7. The van der Waals surface area contributed by atoms with Crippen LogP contribution in [-0.4, -0.2) is 36.5 Å². The van der Waals surface area contributed by atoms with Gasteiger partial charge in [-0.3, -0.25) is 19.2 Å². The first-order chi connectivity index (χ1) is 15.8. The van der Waals surface area contributed by atoms with Crippen LogP contribution in [0.4, 0.5) is 0 Å². The first kappa shape index (κ1) is 29.5. The van der Waals surface area contributed by atoms with Gasteiger partial charge in [-0.25, -0.2) is 5.04 Å². The van der Waals surface area contributed by atoms with E-state index in [2.05, 4.69) is 20.6 Å². The second kappa shape index (κ2) is 15.4. The molecule has 0 unspecified atom stereocenters. The summed E-state index contributed by atoms with van der Waals surface area (Å²) in [5.41, 5.74) is 1.29. The van der Waals surface area contributed by atoms with Gasteiger partial charge in [0.15, 0.2) is 17.3 Å². The fourth-order valence-electron chi connectivity index (χ4n) is 3.01. The van der Waals surface area contributed by atoms with Crippen molar-refractivity contribution in [3.05, 3.63) is 64.7 Å². The number of benzene rings is 2. The molecule has 0 fully saturated rings. The molecule has 0 bridgehead atoms.